The summed E-state index contributed by atoms with van der Waals surface area (Å²) >= 11 is 0. The van der Waals surface area contributed by atoms with Crippen molar-refractivity contribution in [2.75, 3.05) is 0 Å². The third-order valence-corrected chi connectivity index (χ3v) is 6.13. The lowest BCUT2D eigenvalue weighted by molar-refractivity contribution is -0.150. The first-order valence-corrected chi connectivity index (χ1v) is 19.4. The molecule has 0 radical (unpaired) electrons. The van der Waals surface area contributed by atoms with Crippen molar-refractivity contribution >= 4 is 36.6 Å². The van der Waals surface area contributed by atoms with Gasteiger partial charge in [-0.3, -0.25) is 9.59 Å². The van der Waals surface area contributed by atoms with Crippen LogP contribution in [0.1, 0.15) is 5.56 Å². The van der Waals surface area contributed by atoms with Gasteiger partial charge in [-0.1, -0.05) is 69.6 Å². The molecule has 0 saturated carbocycles. The van der Waals surface area contributed by atoms with Gasteiger partial charge in [0.1, 0.15) is 16.5 Å². The molecule has 0 saturated heterocycles. The minimum atomic E-state index is -2.24. The van der Waals surface area contributed by atoms with Crippen molar-refractivity contribution in [3.8, 4) is 0 Å². The topological polar surface area (TPSA) is 67.4 Å². The average Bonchev–Trinajstić information content (AvgIpc) is 2.40. The summed E-state index contributed by atoms with van der Waals surface area (Å²) < 4.78 is 6.39. The molecule has 0 aliphatic heterocycles. The van der Waals surface area contributed by atoms with E-state index < -0.39 is 30.4 Å². The molecule has 1 aromatic carbocycles. The molecule has 5 nitrogen and oxygen atoms in total. The van der Waals surface area contributed by atoms with Crippen LogP contribution in [-0.2, 0) is 19.6 Å². The van der Waals surface area contributed by atoms with Crippen LogP contribution >= 0.6 is 0 Å². The van der Waals surface area contributed by atoms with Crippen molar-refractivity contribution in [2.24, 2.45) is 0 Å². The van der Waals surface area contributed by atoms with Crippen molar-refractivity contribution in [1.82, 2.24) is 9.96 Å². The highest BCUT2D eigenvalue weighted by Crippen LogP contribution is 2.32. The highest BCUT2D eigenvalue weighted by molar-refractivity contribution is 6.77. The van der Waals surface area contributed by atoms with Gasteiger partial charge in [-0.05, 0) is 19.6 Å². The number of benzene rings is 1. The van der Waals surface area contributed by atoms with E-state index in [9.17, 15) is 9.59 Å². The summed E-state index contributed by atoms with van der Waals surface area (Å²) in [5.41, 5.74) is -1.08. The summed E-state index contributed by atoms with van der Waals surface area (Å²) in [7, 11) is -6.19. The number of carbonyl (C=O) groups is 2. The minimum absolute atomic E-state index is 0.360. The number of rotatable bonds is 7. The minimum Gasteiger partial charge on any atom is -0.393 e. The third-order valence-electron chi connectivity index (χ3n) is 3.26. The van der Waals surface area contributed by atoms with Crippen LogP contribution in [0.5, 0.6) is 0 Å². The van der Waals surface area contributed by atoms with Crippen molar-refractivity contribution in [2.45, 2.75) is 64.5 Å². The predicted molar refractivity (Wildman–Crippen MR) is 116 cm³/mol. The van der Waals surface area contributed by atoms with E-state index in [1.165, 1.54) is 0 Å². The maximum absolute atomic E-state index is 13.5. The second-order valence-electron chi connectivity index (χ2n) is 9.67. The van der Waals surface area contributed by atoms with Crippen molar-refractivity contribution in [1.29, 1.82) is 0 Å². The lowest BCUT2D eigenvalue weighted by Crippen LogP contribution is -2.65. The van der Waals surface area contributed by atoms with Gasteiger partial charge in [0.25, 0.3) is 11.8 Å². The van der Waals surface area contributed by atoms with Gasteiger partial charge >= 0.3 is 0 Å². The van der Waals surface area contributed by atoms with E-state index >= 15 is 0 Å². The molecule has 0 atom stereocenters. The molecule has 26 heavy (non-hydrogen) atoms. The molecule has 0 spiro atoms. The lowest BCUT2D eigenvalue weighted by atomic mass is 9.92. The molecule has 0 bridgehead atoms. The van der Waals surface area contributed by atoms with E-state index in [1.54, 1.807) is 12.1 Å². The van der Waals surface area contributed by atoms with Crippen molar-refractivity contribution in [3.05, 3.63) is 35.9 Å². The summed E-state index contributed by atoms with van der Waals surface area (Å²) in [5, 5.41) is 0. The van der Waals surface area contributed by atoms with Gasteiger partial charge in [0.15, 0.2) is 8.32 Å². The first-order chi connectivity index (χ1) is 11.6. The Morgan fingerprint density at radius 3 is 1.46 bits per heavy atom. The molecule has 1 rings (SSSR count). The Labute approximate surface area is 161 Å². The Hall–Kier alpha value is -1.23. The third kappa shape index (κ3) is 6.49. The van der Waals surface area contributed by atoms with Gasteiger partial charge in [-0.2, -0.15) is 0 Å². The van der Waals surface area contributed by atoms with E-state index in [4.69, 9.17) is 4.43 Å². The Balaban J connectivity index is 3.62. The van der Waals surface area contributed by atoms with Crippen LogP contribution in [-0.4, -0.2) is 36.6 Å². The molecule has 0 unspecified atom stereocenters. The van der Waals surface area contributed by atoms with Gasteiger partial charge in [0.2, 0.25) is 5.60 Å². The molecular formula is C18H34N2O3Si3. The average molecular weight is 411 g/mol. The van der Waals surface area contributed by atoms with Crippen LogP contribution in [0.3, 0.4) is 0 Å². The quantitative estimate of drug-likeness (QED) is 0.533. The largest absolute Gasteiger partial charge is 0.393 e. The van der Waals surface area contributed by atoms with Gasteiger partial charge in [0.05, 0.1) is 0 Å². The zero-order valence-corrected chi connectivity index (χ0v) is 20.6. The second-order valence-corrected chi connectivity index (χ2v) is 23.6. The van der Waals surface area contributed by atoms with Crippen LogP contribution in [0.2, 0.25) is 58.9 Å². The normalized spacial score (nSPS) is 13.3. The van der Waals surface area contributed by atoms with Crippen LogP contribution in [0, 0.1) is 0 Å². The van der Waals surface area contributed by atoms with Gasteiger partial charge in [-0.15, -0.1) is 0 Å². The fourth-order valence-electron chi connectivity index (χ4n) is 2.51. The molecular weight excluding hydrogens is 376 g/mol. The smallest absolute Gasteiger partial charge is 0.258 e. The fourth-order valence-corrected chi connectivity index (χ4v) is 5.44. The maximum atomic E-state index is 13.5. The molecule has 2 amide bonds. The van der Waals surface area contributed by atoms with E-state index in [2.05, 4.69) is 9.96 Å². The summed E-state index contributed by atoms with van der Waals surface area (Å²) in [6.07, 6.45) is 0. The second kappa shape index (κ2) is 7.79. The number of carbonyl (C=O) groups excluding carboxylic acids is 2. The Morgan fingerprint density at radius 2 is 1.15 bits per heavy atom. The number of amides is 2. The van der Waals surface area contributed by atoms with Crippen LogP contribution in [0.25, 0.3) is 0 Å². The Morgan fingerprint density at radius 1 is 0.769 bits per heavy atom. The molecule has 8 heteroatoms. The van der Waals surface area contributed by atoms with Crippen LogP contribution in [0.15, 0.2) is 30.3 Å². The van der Waals surface area contributed by atoms with Crippen LogP contribution in [0.4, 0.5) is 0 Å². The fraction of sp³-hybridized carbons (Fsp3) is 0.556. The van der Waals surface area contributed by atoms with Crippen molar-refractivity contribution < 1.29 is 14.0 Å². The van der Waals surface area contributed by atoms with E-state index in [1.807, 2.05) is 77.1 Å². The van der Waals surface area contributed by atoms with Gasteiger partial charge < -0.3 is 14.4 Å². The Bertz CT molecular complexity index is 616. The first kappa shape index (κ1) is 22.8. The summed E-state index contributed by atoms with van der Waals surface area (Å²) in [4.78, 5) is 33.1. The standard InChI is InChI=1S/C18H34N2O3Si3/c1-24(2,3)19-16(21)18(23-26(7,8)9,15-13-11-10-12-14-15)17(22)20-25(4,5)6/h10-14H,1-9H3,(H,19,21)(H,20,22). The molecule has 0 aromatic heterocycles. The zero-order valence-electron chi connectivity index (χ0n) is 17.6. The molecule has 146 valence electrons. The SMILES string of the molecule is C[Si](C)(C)NC(=O)C(O[Si](C)(C)C)(C(=O)N[Si](C)(C)C)c1ccccc1. The number of nitrogens with one attached hydrogen (secondary N) is 2. The van der Waals surface area contributed by atoms with Gasteiger partial charge in [0, 0.05) is 5.56 Å². The molecule has 0 heterocycles. The van der Waals surface area contributed by atoms with Crippen LogP contribution < -0.4 is 9.96 Å². The van der Waals surface area contributed by atoms with E-state index in [-0.39, 0.29) is 11.8 Å². The van der Waals surface area contributed by atoms with E-state index in [0.717, 1.165) is 0 Å². The highest BCUT2D eigenvalue weighted by Gasteiger charge is 2.52. The number of hydrogen-bond donors (Lipinski definition) is 2. The molecule has 0 fully saturated rings. The number of hydrogen-bond acceptors (Lipinski definition) is 3. The maximum Gasteiger partial charge on any atom is 0.258 e. The van der Waals surface area contributed by atoms with Crippen molar-refractivity contribution in [3.63, 3.8) is 0 Å². The van der Waals surface area contributed by atoms with Gasteiger partial charge in [-0.25, -0.2) is 0 Å². The first-order valence-electron chi connectivity index (χ1n) is 8.98. The molecule has 0 aliphatic rings. The monoisotopic (exact) mass is 410 g/mol. The molecule has 0 aliphatic carbocycles. The molecule has 1 aromatic rings. The summed E-state index contributed by atoms with van der Waals surface area (Å²) in [6, 6.07) is 9.14. The lowest BCUT2D eigenvalue weighted by Gasteiger charge is -2.40. The predicted octanol–water partition coefficient (Wildman–Crippen LogP) is 3.64. The Kier molecular flexibility index (Phi) is 6.84. The molecule has 2 N–H and O–H groups in total. The summed E-state index contributed by atoms with van der Waals surface area (Å²) in [6.45, 7) is 18.2. The zero-order chi connectivity index (χ0) is 20.4. The summed E-state index contributed by atoms with van der Waals surface area (Å²) in [5.74, 6) is -0.720. The highest BCUT2D eigenvalue weighted by atomic mass is 28.4. The van der Waals surface area contributed by atoms with E-state index in [0.29, 0.717) is 5.56 Å².